The first kappa shape index (κ1) is 15.7. The summed E-state index contributed by atoms with van der Waals surface area (Å²) in [5.41, 5.74) is 4.99. The molecule has 0 saturated carbocycles. The van der Waals surface area contributed by atoms with Gasteiger partial charge in [0.2, 0.25) is 0 Å². The van der Waals surface area contributed by atoms with Crippen molar-refractivity contribution in [1.29, 1.82) is 0 Å². The van der Waals surface area contributed by atoms with Gasteiger partial charge in [0, 0.05) is 6.54 Å². The van der Waals surface area contributed by atoms with Crippen LogP contribution in [0.5, 0.6) is 0 Å². The van der Waals surface area contributed by atoms with Crippen LogP contribution in [0.25, 0.3) is 0 Å². The van der Waals surface area contributed by atoms with E-state index in [4.69, 9.17) is 31.3 Å². The van der Waals surface area contributed by atoms with E-state index in [-0.39, 0.29) is 23.5 Å². The van der Waals surface area contributed by atoms with E-state index in [0.29, 0.717) is 0 Å². The molecule has 0 aromatic heterocycles. The van der Waals surface area contributed by atoms with E-state index in [1.54, 1.807) is 0 Å². The SMILES string of the molecule is Br.NC[C@H](O)[C@@H](O)[C@H](O)[C@H](O)CO. The molecule has 0 spiro atoms. The Hall–Kier alpha value is 0.240. The highest BCUT2D eigenvalue weighted by Gasteiger charge is 2.28. The van der Waals surface area contributed by atoms with Crippen LogP contribution in [0.15, 0.2) is 0 Å². The van der Waals surface area contributed by atoms with E-state index < -0.39 is 31.0 Å². The summed E-state index contributed by atoms with van der Waals surface area (Å²) in [5.74, 6) is 0. The number of rotatable bonds is 5. The zero-order valence-corrected chi connectivity index (χ0v) is 8.66. The molecule has 0 aliphatic carbocycles. The monoisotopic (exact) mass is 261 g/mol. The molecule has 0 aliphatic rings. The first-order valence-electron chi connectivity index (χ1n) is 3.57. The predicted octanol–water partition coefficient (Wildman–Crippen LogP) is -3.04. The van der Waals surface area contributed by atoms with Gasteiger partial charge in [-0.2, -0.15) is 0 Å². The summed E-state index contributed by atoms with van der Waals surface area (Å²) in [6, 6.07) is 0. The quantitative estimate of drug-likeness (QED) is 0.312. The highest BCUT2D eigenvalue weighted by Crippen LogP contribution is 2.03. The lowest BCUT2D eigenvalue weighted by atomic mass is 10.0. The van der Waals surface area contributed by atoms with Crippen molar-refractivity contribution in [3.63, 3.8) is 0 Å². The van der Waals surface area contributed by atoms with Crippen molar-refractivity contribution in [3.8, 4) is 0 Å². The minimum Gasteiger partial charge on any atom is -0.394 e. The molecule has 0 aromatic rings. The standard InChI is InChI=1S/C6H15NO5.BrH/c7-1-3(9)5(11)6(12)4(10)2-8;/h3-6,8-12H,1-2,7H2;1H/t3-,4+,5+,6+;/m0./s1. The average Bonchev–Trinajstić information content (AvgIpc) is 2.12. The summed E-state index contributed by atoms with van der Waals surface area (Å²) in [7, 11) is 0. The number of aliphatic hydroxyl groups is 5. The molecule has 0 aliphatic heterocycles. The Balaban J connectivity index is 0. The van der Waals surface area contributed by atoms with Crippen molar-refractivity contribution in [2.45, 2.75) is 24.4 Å². The van der Waals surface area contributed by atoms with Crippen LogP contribution < -0.4 is 5.73 Å². The van der Waals surface area contributed by atoms with E-state index >= 15 is 0 Å². The largest absolute Gasteiger partial charge is 0.394 e. The van der Waals surface area contributed by atoms with Gasteiger partial charge in [0.05, 0.1) is 12.7 Å². The molecular weight excluding hydrogens is 246 g/mol. The molecule has 0 aromatic carbocycles. The van der Waals surface area contributed by atoms with Crippen LogP contribution in [0.4, 0.5) is 0 Å². The highest BCUT2D eigenvalue weighted by atomic mass is 79.9. The molecule has 7 heteroatoms. The molecule has 82 valence electrons. The van der Waals surface area contributed by atoms with Gasteiger partial charge in [-0.1, -0.05) is 0 Å². The normalized spacial score (nSPS) is 19.8. The van der Waals surface area contributed by atoms with Crippen molar-refractivity contribution in [1.82, 2.24) is 0 Å². The fourth-order valence-electron chi connectivity index (χ4n) is 0.703. The molecule has 0 radical (unpaired) electrons. The minimum atomic E-state index is -1.59. The van der Waals surface area contributed by atoms with Crippen LogP contribution in [0, 0.1) is 0 Å². The van der Waals surface area contributed by atoms with Gasteiger partial charge < -0.3 is 31.3 Å². The first-order chi connectivity index (χ1) is 5.54. The third-order valence-corrected chi connectivity index (χ3v) is 1.57. The van der Waals surface area contributed by atoms with E-state index in [2.05, 4.69) is 0 Å². The first-order valence-corrected chi connectivity index (χ1v) is 3.57. The Bertz CT molecular complexity index is 114. The Morgan fingerprint density at radius 1 is 0.923 bits per heavy atom. The number of hydrogen-bond acceptors (Lipinski definition) is 6. The second kappa shape index (κ2) is 7.63. The summed E-state index contributed by atoms with van der Waals surface area (Å²) in [5, 5.41) is 44.2. The molecule has 0 bridgehead atoms. The second-order valence-electron chi connectivity index (χ2n) is 2.53. The Morgan fingerprint density at radius 3 is 1.62 bits per heavy atom. The van der Waals surface area contributed by atoms with Crippen LogP contribution in [0.2, 0.25) is 0 Å². The smallest absolute Gasteiger partial charge is 0.111 e. The van der Waals surface area contributed by atoms with Crippen molar-refractivity contribution < 1.29 is 25.5 Å². The van der Waals surface area contributed by atoms with Crippen LogP contribution in [-0.2, 0) is 0 Å². The molecule has 13 heavy (non-hydrogen) atoms. The van der Waals surface area contributed by atoms with E-state index in [0.717, 1.165) is 0 Å². The molecule has 7 N–H and O–H groups in total. The molecular formula is C6H16BrNO5. The summed E-state index contributed by atoms with van der Waals surface area (Å²) in [6.07, 6.45) is -5.91. The van der Waals surface area contributed by atoms with E-state index in [1.165, 1.54) is 0 Å². The van der Waals surface area contributed by atoms with Crippen LogP contribution in [-0.4, -0.2) is 63.1 Å². The average molecular weight is 262 g/mol. The Morgan fingerprint density at radius 2 is 1.31 bits per heavy atom. The molecule has 0 amide bonds. The van der Waals surface area contributed by atoms with E-state index in [1.807, 2.05) is 0 Å². The third kappa shape index (κ3) is 4.87. The molecule has 4 atom stereocenters. The van der Waals surface area contributed by atoms with Gasteiger partial charge in [-0.05, 0) is 0 Å². The fraction of sp³-hybridized carbons (Fsp3) is 1.00. The zero-order chi connectivity index (χ0) is 9.72. The summed E-state index contributed by atoms with van der Waals surface area (Å²) < 4.78 is 0. The molecule has 0 heterocycles. The molecule has 6 nitrogen and oxygen atoms in total. The minimum absolute atomic E-state index is 0. The van der Waals surface area contributed by atoms with E-state index in [9.17, 15) is 0 Å². The lowest BCUT2D eigenvalue weighted by molar-refractivity contribution is -0.112. The number of halogens is 1. The molecule has 0 rings (SSSR count). The van der Waals surface area contributed by atoms with Crippen LogP contribution >= 0.6 is 17.0 Å². The lowest BCUT2D eigenvalue weighted by Gasteiger charge is -2.24. The van der Waals surface area contributed by atoms with Gasteiger partial charge >= 0.3 is 0 Å². The highest BCUT2D eigenvalue weighted by molar-refractivity contribution is 8.93. The molecule has 0 fully saturated rings. The Kier molecular flexibility index (Phi) is 9.21. The van der Waals surface area contributed by atoms with Gasteiger partial charge in [0.25, 0.3) is 0 Å². The predicted molar refractivity (Wildman–Crippen MR) is 50.5 cm³/mol. The molecule has 0 saturated heterocycles. The van der Waals surface area contributed by atoms with Crippen LogP contribution in [0.1, 0.15) is 0 Å². The van der Waals surface area contributed by atoms with Crippen molar-refractivity contribution >= 4 is 17.0 Å². The van der Waals surface area contributed by atoms with Gasteiger partial charge in [-0.15, -0.1) is 17.0 Å². The Labute approximate surface area is 86.4 Å². The van der Waals surface area contributed by atoms with Gasteiger partial charge in [-0.25, -0.2) is 0 Å². The maximum absolute atomic E-state index is 9.04. The maximum Gasteiger partial charge on any atom is 0.111 e. The lowest BCUT2D eigenvalue weighted by Crippen LogP contribution is -2.48. The zero-order valence-electron chi connectivity index (χ0n) is 6.95. The molecule has 0 unspecified atom stereocenters. The number of aliphatic hydroxyl groups excluding tert-OH is 5. The van der Waals surface area contributed by atoms with Crippen molar-refractivity contribution in [2.24, 2.45) is 5.73 Å². The summed E-state index contributed by atoms with van der Waals surface area (Å²) in [4.78, 5) is 0. The van der Waals surface area contributed by atoms with Gasteiger partial charge in [0.1, 0.15) is 18.3 Å². The number of hydrogen-bond donors (Lipinski definition) is 6. The third-order valence-electron chi connectivity index (χ3n) is 1.57. The summed E-state index contributed by atoms with van der Waals surface area (Å²) >= 11 is 0. The van der Waals surface area contributed by atoms with Crippen LogP contribution in [0.3, 0.4) is 0 Å². The second-order valence-corrected chi connectivity index (χ2v) is 2.53. The van der Waals surface area contributed by atoms with Gasteiger partial charge in [0.15, 0.2) is 0 Å². The topological polar surface area (TPSA) is 127 Å². The van der Waals surface area contributed by atoms with Crippen molar-refractivity contribution in [2.75, 3.05) is 13.2 Å². The number of nitrogens with two attached hydrogens (primary N) is 1. The fourth-order valence-corrected chi connectivity index (χ4v) is 0.703. The maximum atomic E-state index is 9.04. The van der Waals surface area contributed by atoms with Crippen molar-refractivity contribution in [3.05, 3.63) is 0 Å². The summed E-state index contributed by atoms with van der Waals surface area (Å²) in [6.45, 7) is -0.911. The van der Waals surface area contributed by atoms with Gasteiger partial charge in [-0.3, -0.25) is 0 Å².